The minimum Gasteiger partial charge on any atom is -0.458 e. The minimum atomic E-state index is -0.641. The van der Waals surface area contributed by atoms with Gasteiger partial charge in [0.15, 0.2) is 0 Å². The Balaban J connectivity index is 2.25. The van der Waals surface area contributed by atoms with Gasteiger partial charge in [-0.25, -0.2) is 9.59 Å². The molecule has 2 aromatic rings. The van der Waals surface area contributed by atoms with Gasteiger partial charge in [0.05, 0.1) is 17.2 Å². The predicted octanol–water partition coefficient (Wildman–Crippen LogP) is 4.13. The van der Waals surface area contributed by atoms with Gasteiger partial charge in [-0.15, -0.1) is 0 Å². The number of ether oxygens (including phenoxy) is 3. The molecule has 0 radical (unpaired) electrons. The first kappa shape index (κ1) is 24.6. The van der Waals surface area contributed by atoms with Crippen molar-refractivity contribution in [1.29, 1.82) is 0 Å². The highest BCUT2D eigenvalue weighted by molar-refractivity contribution is 5.90. The maximum Gasteiger partial charge on any atom is 0.338 e. The van der Waals surface area contributed by atoms with E-state index in [0.29, 0.717) is 11.1 Å². The number of aliphatic hydroxyl groups is 1. The molecular formula is C25H32O6. The van der Waals surface area contributed by atoms with E-state index >= 15 is 0 Å². The van der Waals surface area contributed by atoms with Crippen LogP contribution in [0.3, 0.4) is 0 Å². The van der Waals surface area contributed by atoms with Crippen molar-refractivity contribution >= 4 is 11.9 Å². The van der Waals surface area contributed by atoms with E-state index in [0.717, 1.165) is 0 Å². The van der Waals surface area contributed by atoms with Crippen LogP contribution in [-0.2, 0) is 14.2 Å². The molecule has 0 heterocycles. The molecule has 0 aromatic heterocycles. The van der Waals surface area contributed by atoms with Gasteiger partial charge in [-0.2, -0.15) is 0 Å². The second kappa shape index (κ2) is 12.2. The van der Waals surface area contributed by atoms with Gasteiger partial charge in [-0.3, -0.25) is 0 Å². The number of hydrogen-bond acceptors (Lipinski definition) is 6. The first-order valence-corrected chi connectivity index (χ1v) is 10.5. The van der Waals surface area contributed by atoms with Crippen LogP contribution in [0.1, 0.15) is 47.9 Å². The maximum atomic E-state index is 12.8. The zero-order valence-corrected chi connectivity index (χ0v) is 18.6. The molecule has 0 aliphatic rings. The lowest BCUT2D eigenvalue weighted by Gasteiger charge is -2.35. The zero-order chi connectivity index (χ0) is 22.8. The molecule has 2 aromatic carbocycles. The second-order valence-electron chi connectivity index (χ2n) is 7.72. The van der Waals surface area contributed by atoms with Gasteiger partial charge in [0.25, 0.3) is 0 Å². The van der Waals surface area contributed by atoms with E-state index in [-0.39, 0.29) is 31.0 Å². The molecule has 0 aliphatic carbocycles. The summed E-state index contributed by atoms with van der Waals surface area (Å²) in [5.41, 5.74) is 0.866. The van der Waals surface area contributed by atoms with Crippen molar-refractivity contribution < 1.29 is 28.9 Å². The standard InChI is InChI=1S/C25H32O6/c1-17(19(3)29-4)23(31-25(28)21-13-9-6-10-14-21)18(2)22(15-16-26)30-24(27)20-11-7-5-8-12-20/h5-14,17-19,22-23,26H,15-16H2,1-4H3/t17-,18-,19+,22+,23+/m1/s1. The Bertz CT molecular complexity index is 807. The molecule has 0 spiro atoms. The quantitative estimate of drug-likeness (QED) is 0.542. The van der Waals surface area contributed by atoms with Crippen LogP contribution in [0.4, 0.5) is 0 Å². The number of hydrogen-bond donors (Lipinski definition) is 1. The molecule has 0 bridgehead atoms. The molecule has 0 fully saturated rings. The van der Waals surface area contributed by atoms with Crippen LogP contribution in [-0.4, -0.2) is 49.1 Å². The summed E-state index contributed by atoms with van der Waals surface area (Å²) in [5, 5.41) is 9.58. The summed E-state index contributed by atoms with van der Waals surface area (Å²) in [6.07, 6.45) is -1.20. The van der Waals surface area contributed by atoms with Crippen LogP contribution in [0.5, 0.6) is 0 Å². The Morgan fingerprint density at radius 3 is 1.74 bits per heavy atom. The summed E-state index contributed by atoms with van der Waals surface area (Å²) in [6.45, 7) is 5.53. The number of methoxy groups -OCH3 is 1. The molecule has 0 amide bonds. The van der Waals surface area contributed by atoms with E-state index in [2.05, 4.69) is 0 Å². The third-order valence-corrected chi connectivity index (χ3v) is 5.67. The van der Waals surface area contributed by atoms with Crippen LogP contribution < -0.4 is 0 Å². The van der Waals surface area contributed by atoms with Gasteiger partial charge < -0.3 is 19.3 Å². The first-order chi connectivity index (χ1) is 14.9. The third-order valence-electron chi connectivity index (χ3n) is 5.67. The third kappa shape index (κ3) is 6.91. The molecule has 5 atom stereocenters. The molecule has 0 aliphatic heterocycles. The Hall–Kier alpha value is -2.70. The fourth-order valence-corrected chi connectivity index (χ4v) is 3.49. The molecule has 0 saturated heterocycles. The lowest BCUT2D eigenvalue weighted by molar-refractivity contribution is -0.0730. The summed E-state index contributed by atoms with van der Waals surface area (Å²) in [5.74, 6) is -1.49. The molecule has 0 saturated carbocycles. The average molecular weight is 429 g/mol. The Labute approximate surface area is 184 Å². The minimum absolute atomic E-state index is 0.162. The van der Waals surface area contributed by atoms with Gasteiger partial charge >= 0.3 is 11.9 Å². The maximum absolute atomic E-state index is 12.8. The van der Waals surface area contributed by atoms with Crippen molar-refractivity contribution in [2.24, 2.45) is 11.8 Å². The Kier molecular flexibility index (Phi) is 9.69. The molecule has 6 heteroatoms. The molecule has 2 rings (SSSR count). The molecule has 168 valence electrons. The van der Waals surface area contributed by atoms with Gasteiger partial charge in [0.1, 0.15) is 12.2 Å². The number of carbonyl (C=O) groups is 2. The molecule has 31 heavy (non-hydrogen) atoms. The smallest absolute Gasteiger partial charge is 0.338 e. The highest BCUT2D eigenvalue weighted by Gasteiger charge is 2.37. The molecule has 1 N–H and O–H groups in total. The van der Waals surface area contributed by atoms with E-state index in [1.54, 1.807) is 55.6 Å². The molecular weight excluding hydrogens is 396 g/mol. The van der Waals surface area contributed by atoms with Gasteiger partial charge in [-0.05, 0) is 31.2 Å². The highest BCUT2D eigenvalue weighted by atomic mass is 16.6. The van der Waals surface area contributed by atoms with Crippen molar-refractivity contribution in [3.8, 4) is 0 Å². The Morgan fingerprint density at radius 1 is 0.806 bits per heavy atom. The molecule has 0 unspecified atom stereocenters. The van der Waals surface area contributed by atoms with Crippen molar-refractivity contribution in [3.05, 3.63) is 71.8 Å². The van der Waals surface area contributed by atoms with Crippen LogP contribution >= 0.6 is 0 Å². The van der Waals surface area contributed by atoms with Crippen molar-refractivity contribution in [1.82, 2.24) is 0 Å². The lowest BCUT2D eigenvalue weighted by atomic mass is 9.85. The van der Waals surface area contributed by atoms with Crippen LogP contribution in [0.15, 0.2) is 60.7 Å². The van der Waals surface area contributed by atoms with E-state index in [9.17, 15) is 14.7 Å². The van der Waals surface area contributed by atoms with Crippen molar-refractivity contribution in [2.45, 2.75) is 45.5 Å². The monoisotopic (exact) mass is 428 g/mol. The SMILES string of the molecule is CO[C@@H](C)[C@@H](C)[C@H](OC(=O)c1ccccc1)[C@H](C)[C@H](CCO)OC(=O)c1ccccc1. The van der Waals surface area contributed by atoms with E-state index < -0.39 is 24.1 Å². The van der Waals surface area contributed by atoms with Crippen LogP contribution in [0.25, 0.3) is 0 Å². The zero-order valence-electron chi connectivity index (χ0n) is 18.6. The number of rotatable bonds is 11. The fourth-order valence-electron chi connectivity index (χ4n) is 3.49. The summed E-state index contributed by atoms with van der Waals surface area (Å²) in [6, 6.07) is 17.4. The van der Waals surface area contributed by atoms with Crippen LogP contribution in [0.2, 0.25) is 0 Å². The van der Waals surface area contributed by atoms with Crippen molar-refractivity contribution in [3.63, 3.8) is 0 Å². The van der Waals surface area contributed by atoms with Gasteiger partial charge in [0, 0.05) is 32.0 Å². The number of aliphatic hydroxyl groups excluding tert-OH is 1. The summed E-state index contributed by atoms with van der Waals surface area (Å²) in [4.78, 5) is 25.4. The first-order valence-electron chi connectivity index (χ1n) is 10.5. The molecule has 6 nitrogen and oxygen atoms in total. The largest absolute Gasteiger partial charge is 0.458 e. The summed E-state index contributed by atoms with van der Waals surface area (Å²) >= 11 is 0. The number of esters is 2. The highest BCUT2D eigenvalue weighted by Crippen LogP contribution is 2.28. The van der Waals surface area contributed by atoms with Gasteiger partial charge in [-0.1, -0.05) is 50.2 Å². The van der Waals surface area contributed by atoms with Crippen molar-refractivity contribution in [2.75, 3.05) is 13.7 Å². The van der Waals surface area contributed by atoms with E-state index in [1.807, 2.05) is 32.9 Å². The normalized spacial score (nSPS) is 15.9. The summed E-state index contributed by atoms with van der Waals surface area (Å²) in [7, 11) is 1.60. The lowest BCUT2D eigenvalue weighted by Crippen LogP contribution is -2.43. The van der Waals surface area contributed by atoms with E-state index in [4.69, 9.17) is 14.2 Å². The Morgan fingerprint density at radius 2 is 1.29 bits per heavy atom. The predicted molar refractivity (Wildman–Crippen MR) is 118 cm³/mol. The van der Waals surface area contributed by atoms with Gasteiger partial charge in [0.2, 0.25) is 0 Å². The average Bonchev–Trinajstić information content (AvgIpc) is 2.81. The topological polar surface area (TPSA) is 82.1 Å². The van der Waals surface area contributed by atoms with E-state index in [1.165, 1.54) is 0 Å². The van der Waals surface area contributed by atoms with Crippen LogP contribution in [0, 0.1) is 11.8 Å². The summed E-state index contributed by atoms with van der Waals surface area (Å²) < 4.78 is 17.1. The number of carbonyl (C=O) groups excluding carboxylic acids is 2. The fraction of sp³-hybridized carbons (Fsp3) is 0.440. The number of benzene rings is 2. The second-order valence-corrected chi connectivity index (χ2v) is 7.72.